The van der Waals surface area contributed by atoms with Crippen molar-refractivity contribution in [2.45, 2.75) is 41.4 Å². The molecule has 2 unspecified atom stereocenters. The van der Waals surface area contributed by atoms with Crippen molar-refractivity contribution in [2.75, 3.05) is 7.11 Å². The Kier molecular flexibility index (Phi) is 8.54. The molecule has 0 spiro atoms. The molecule has 3 aromatic rings. The molecule has 0 aromatic heterocycles. The quantitative estimate of drug-likeness (QED) is 0.473. The van der Waals surface area contributed by atoms with Crippen LogP contribution in [0.25, 0.3) is 0 Å². The standard InChI is InChI=1S/C27H26O7S/c1-31-26(30)23-21(28)22(32-17-18-11-5-2-6-12-18)24(33-25(29)19-13-7-3-8-14-19)27(34-23)35-20-15-9-4-10-16-20/h2-16,21-24,27-28H,17H2,1H3/t21-,22+,23?,24?,27-/m0/s1. The average molecular weight is 495 g/mol. The molecular formula is C27H26O7S. The second-order valence-corrected chi connectivity index (χ2v) is 9.04. The third-order valence-corrected chi connectivity index (χ3v) is 6.64. The highest BCUT2D eigenvalue weighted by atomic mass is 32.2. The first-order valence-electron chi connectivity index (χ1n) is 11.1. The zero-order chi connectivity index (χ0) is 24.6. The molecule has 7 nitrogen and oxygen atoms in total. The summed E-state index contributed by atoms with van der Waals surface area (Å²) in [5.74, 6) is -1.33. The van der Waals surface area contributed by atoms with E-state index in [9.17, 15) is 14.7 Å². The summed E-state index contributed by atoms with van der Waals surface area (Å²) in [5.41, 5.74) is 0.363. The number of thioether (sulfide) groups is 1. The molecule has 4 rings (SSSR count). The number of hydrogen-bond donors (Lipinski definition) is 1. The highest BCUT2D eigenvalue weighted by molar-refractivity contribution is 7.99. The number of esters is 2. The van der Waals surface area contributed by atoms with Gasteiger partial charge in [-0.2, -0.15) is 0 Å². The predicted octanol–water partition coefficient (Wildman–Crippen LogP) is 3.85. The number of aliphatic hydroxyl groups excluding tert-OH is 1. The number of carbonyl (C=O) groups is 2. The smallest absolute Gasteiger partial charge is 0.338 e. The summed E-state index contributed by atoms with van der Waals surface area (Å²) in [5, 5.41) is 11.1. The van der Waals surface area contributed by atoms with Crippen LogP contribution in [0.1, 0.15) is 15.9 Å². The van der Waals surface area contributed by atoms with Crippen LogP contribution in [0.15, 0.2) is 95.9 Å². The maximum absolute atomic E-state index is 13.0. The van der Waals surface area contributed by atoms with E-state index in [1.807, 2.05) is 60.7 Å². The fourth-order valence-electron chi connectivity index (χ4n) is 3.71. The monoisotopic (exact) mass is 494 g/mol. The maximum Gasteiger partial charge on any atom is 0.338 e. The van der Waals surface area contributed by atoms with Gasteiger partial charge >= 0.3 is 11.9 Å². The van der Waals surface area contributed by atoms with E-state index in [1.165, 1.54) is 18.9 Å². The van der Waals surface area contributed by atoms with E-state index in [4.69, 9.17) is 18.9 Å². The first kappa shape index (κ1) is 24.9. The molecule has 0 radical (unpaired) electrons. The van der Waals surface area contributed by atoms with Gasteiger partial charge in [0.05, 0.1) is 19.3 Å². The molecule has 0 saturated carbocycles. The Bertz CT molecular complexity index is 1090. The summed E-state index contributed by atoms with van der Waals surface area (Å²) < 4.78 is 22.8. The van der Waals surface area contributed by atoms with Crippen molar-refractivity contribution in [1.82, 2.24) is 0 Å². The summed E-state index contributed by atoms with van der Waals surface area (Å²) in [6.45, 7) is 0.137. The predicted molar refractivity (Wildman–Crippen MR) is 130 cm³/mol. The summed E-state index contributed by atoms with van der Waals surface area (Å²) in [7, 11) is 1.22. The van der Waals surface area contributed by atoms with Crippen LogP contribution in [0.5, 0.6) is 0 Å². The van der Waals surface area contributed by atoms with Crippen molar-refractivity contribution in [2.24, 2.45) is 0 Å². The van der Waals surface area contributed by atoms with Gasteiger partial charge in [0.15, 0.2) is 12.2 Å². The van der Waals surface area contributed by atoms with Crippen molar-refractivity contribution < 1.29 is 33.6 Å². The van der Waals surface area contributed by atoms with Gasteiger partial charge in [0.1, 0.15) is 17.6 Å². The molecule has 1 aliphatic heterocycles. The van der Waals surface area contributed by atoms with Crippen LogP contribution in [-0.2, 0) is 30.3 Å². The van der Waals surface area contributed by atoms with Gasteiger partial charge in [-0.1, -0.05) is 78.5 Å². The van der Waals surface area contributed by atoms with E-state index in [0.29, 0.717) is 5.56 Å². The van der Waals surface area contributed by atoms with Gasteiger partial charge in [-0.25, -0.2) is 9.59 Å². The second-order valence-electron chi connectivity index (χ2n) is 7.87. The lowest BCUT2D eigenvalue weighted by Crippen LogP contribution is -2.61. The molecule has 1 saturated heterocycles. The maximum atomic E-state index is 13.0. The Morgan fingerprint density at radius 2 is 1.49 bits per heavy atom. The normalized spacial score (nSPS) is 23.9. The Labute approximate surface area is 208 Å². The Balaban J connectivity index is 1.65. The molecule has 1 heterocycles. The Hall–Kier alpha value is -3.17. The zero-order valence-corrected chi connectivity index (χ0v) is 19.9. The van der Waals surface area contributed by atoms with Crippen LogP contribution in [0.4, 0.5) is 0 Å². The molecule has 5 atom stereocenters. The fourth-order valence-corrected chi connectivity index (χ4v) is 4.81. The van der Waals surface area contributed by atoms with Gasteiger partial charge in [-0.3, -0.25) is 0 Å². The van der Waals surface area contributed by atoms with Gasteiger partial charge in [-0.05, 0) is 29.8 Å². The van der Waals surface area contributed by atoms with Crippen LogP contribution in [0.3, 0.4) is 0 Å². The number of benzene rings is 3. The van der Waals surface area contributed by atoms with E-state index < -0.39 is 41.8 Å². The molecule has 35 heavy (non-hydrogen) atoms. The molecule has 0 aliphatic carbocycles. The highest BCUT2D eigenvalue weighted by Crippen LogP contribution is 2.37. The number of methoxy groups -OCH3 is 1. The van der Waals surface area contributed by atoms with Crippen LogP contribution < -0.4 is 0 Å². The number of aliphatic hydroxyl groups is 1. The van der Waals surface area contributed by atoms with Crippen molar-refractivity contribution in [3.05, 3.63) is 102 Å². The first-order chi connectivity index (χ1) is 17.1. The molecule has 0 bridgehead atoms. The molecule has 8 heteroatoms. The lowest BCUT2D eigenvalue weighted by atomic mass is 9.99. The molecule has 1 fully saturated rings. The average Bonchev–Trinajstić information content (AvgIpc) is 2.91. The lowest BCUT2D eigenvalue weighted by Gasteiger charge is -2.42. The number of ether oxygens (including phenoxy) is 4. The van der Waals surface area contributed by atoms with E-state index in [0.717, 1.165) is 10.5 Å². The summed E-state index contributed by atoms with van der Waals surface area (Å²) in [6, 6.07) is 27.3. The number of rotatable bonds is 8. The summed E-state index contributed by atoms with van der Waals surface area (Å²) in [6.07, 6.45) is -4.81. The minimum absolute atomic E-state index is 0.137. The van der Waals surface area contributed by atoms with E-state index in [1.54, 1.807) is 30.3 Å². The first-order valence-corrected chi connectivity index (χ1v) is 12.0. The molecule has 0 amide bonds. The Morgan fingerprint density at radius 3 is 2.11 bits per heavy atom. The van der Waals surface area contributed by atoms with Gasteiger partial charge in [0.2, 0.25) is 0 Å². The van der Waals surface area contributed by atoms with Crippen LogP contribution in [0.2, 0.25) is 0 Å². The lowest BCUT2D eigenvalue weighted by molar-refractivity contribution is -0.224. The van der Waals surface area contributed by atoms with Crippen molar-refractivity contribution >= 4 is 23.7 Å². The molecule has 1 aliphatic rings. The number of hydrogen-bond acceptors (Lipinski definition) is 8. The van der Waals surface area contributed by atoms with Crippen LogP contribution in [0, 0.1) is 0 Å². The minimum Gasteiger partial charge on any atom is -0.467 e. The van der Waals surface area contributed by atoms with Crippen LogP contribution >= 0.6 is 11.8 Å². The zero-order valence-electron chi connectivity index (χ0n) is 19.1. The Morgan fingerprint density at radius 1 is 0.886 bits per heavy atom. The van der Waals surface area contributed by atoms with Crippen molar-refractivity contribution in [1.29, 1.82) is 0 Å². The van der Waals surface area contributed by atoms with Crippen molar-refractivity contribution in [3.8, 4) is 0 Å². The van der Waals surface area contributed by atoms with Gasteiger partial charge in [0.25, 0.3) is 0 Å². The largest absolute Gasteiger partial charge is 0.467 e. The van der Waals surface area contributed by atoms with Crippen molar-refractivity contribution in [3.63, 3.8) is 0 Å². The van der Waals surface area contributed by atoms with Gasteiger partial charge in [0, 0.05) is 4.90 Å². The highest BCUT2D eigenvalue weighted by Gasteiger charge is 2.51. The van der Waals surface area contributed by atoms with Crippen LogP contribution in [-0.4, -0.2) is 54.0 Å². The third kappa shape index (κ3) is 6.29. The molecular weight excluding hydrogens is 468 g/mol. The number of carbonyl (C=O) groups excluding carboxylic acids is 2. The molecule has 1 N–H and O–H groups in total. The van der Waals surface area contributed by atoms with E-state index >= 15 is 0 Å². The summed E-state index contributed by atoms with van der Waals surface area (Å²) >= 11 is 1.27. The fraction of sp³-hybridized carbons (Fsp3) is 0.259. The van der Waals surface area contributed by atoms with E-state index in [-0.39, 0.29) is 6.61 Å². The topological polar surface area (TPSA) is 91.3 Å². The second kappa shape index (κ2) is 12.0. The molecule has 3 aromatic carbocycles. The summed E-state index contributed by atoms with van der Waals surface area (Å²) in [4.78, 5) is 26.3. The SMILES string of the molecule is COC(=O)C1O[C@@H](Sc2ccccc2)C(OC(=O)c2ccccc2)[C@H](OCc2ccccc2)[C@@H]1O. The van der Waals surface area contributed by atoms with Gasteiger partial charge < -0.3 is 24.1 Å². The molecule has 182 valence electrons. The third-order valence-electron chi connectivity index (χ3n) is 5.49. The van der Waals surface area contributed by atoms with Gasteiger partial charge in [-0.15, -0.1) is 0 Å². The minimum atomic E-state index is -1.42. The van der Waals surface area contributed by atoms with E-state index in [2.05, 4.69) is 0 Å².